The molecule has 2 N–H and O–H groups in total. The Balaban J connectivity index is 2.06. The third-order valence-corrected chi connectivity index (χ3v) is 3.55. The molecule has 0 aliphatic carbocycles. The van der Waals surface area contributed by atoms with Gasteiger partial charge in [0, 0.05) is 25.6 Å². The van der Waals surface area contributed by atoms with Crippen molar-refractivity contribution in [2.75, 3.05) is 20.3 Å². The molecule has 2 amide bonds. The lowest BCUT2D eigenvalue weighted by Gasteiger charge is -2.18. The largest absolute Gasteiger partial charge is 0.383 e. The van der Waals surface area contributed by atoms with Gasteiger partial charge in [-0.3, -0.25) is 9.59 Å². The summed E-state index contributed by atoms with van der Waals surface area (Å²) in [6.07, 6.45) is 0.429. The van der Waals surface area contributed by atoms with Gasteiger partial charge in [0.2, 0.25) is 5.91 Å². The van der Waals surface area contributed by atoms with Crippen LogP contribution in [0.5, 0.6) is 0 Å². The fraction of sp³-hybridized carbons (Fsp3) is 0.263. The normalized spacial score (nSPS) is 11.5. The molecule has 0 unspecified atom stereocenters. The second-order valence-corrected chi connectivity index (χ2v) is 5.37. The molecule has 0 aromatic heterocycles. The first-order valence-corrected chi connectivity index (χ1v) is 7.87. The van der Waals surface area contributed by atoms with Gasteiger partial charge in [-0.15, -0.1) is 0 Å². The first kappa shape index (κ1) is 17.7. The van der Waals surface area contributed by atoms with Crippen molar-refractivity contribution in [2.45, 2.75) is 12.5 Å². The molecule has 0 heterocycles. The number of nitrogens with one attached hydrogen (secondary N) is 2. The smallest absolute Gasteiger partial charge is 0.251 e. The van der Waals surface area contributed by atoms with Gasteiger partial charge in [-0.25, -0.2) is 0 Å². The van der Waals surface area contributed by atoms with Crippen LogP contribution in [0.15, 0.2) is 60.7 Å². The highest BCUT2D eigenvalue weighted by atomic mass is 16.5. The van der Waals surface area contributed by atoms with E-state index >= 15 is 0 Å². The van der Waals surface area contributed by atoms with E-state index < -0.39 is 6.04 Å². The van der Waals surface area contributed by atoms with Gasteiger partial charge in [-0.2, -0.15) is 0 Å². The first-order valence-electron chi connectivity index (χ1n) is 7.87. The minimum Gasteiger partial charge on any atom is -0.383 e. The molecule has 0 radical (unpaired) electrons. The van der Waals surface area contributed by atoms with Gasteiger partial charge in [0.1, 0.15) is 6.04 Å². The summed E-state index contributed by atoms with van der Waals surface area (Å²) in [6.45, 7) is 0.832. The molecule has 5 nitrogen and oxygen atoms in total. The van der Waals surface area contributed by atoms with Crippen molar-refractivity contribution >= 4 is 11.8 Å². The number of benzene rings is 2. The molecule has 24 heavy (non-hydrogen) atoms. The second-order valence-electron chi connectivity index (χ2n) is 5.37. The van der Waals surface area contributed by atoms with E-state index in [2.05, 4.69) is 10.6 Å². The van der Waals surface area contributed by atoms with Crippen LogP contribution in [0.1, 0.15) is 15.9 Å². The van der Waals surface area contributed by atoms with Gasteiger partial charge < -0.3 is 15.4 Å². The topological polar surface area (TPSA) is 67.4 Å². The van der Waals surface area contributed by atoms with Gasteiger partial charge in [0.25, 0.3) is 5.91 Å². The van der Waals surface area contributed by atoms with E-state index in [-0.39, 0.29) is 11.8 Å². The van der Waals surface area contributed by atoms with Crippen LogP contribution in [-0.4, -0.2) is 38.1 Å². The Hall–Kier alpha value is -2.66. The molecule has 5 heteroatoms. The van der Waals surface area contributed by atoms with Crippen LogP contribution in [0.25, 0.3) is 0 Å². The Labute approximate surface area is 142 Å². The van der Waals surface area contributed by atoms with Gasteiger partial charge in [-0.05, 0) is 17.7 Å². The van der Waals surface area contributed by atoms with Crippen molar-refractivity contribution in [3.05, 3.63) is 71.8 Å². The lowest BCUT2D eigenvalue weighted by molar-refractivity contribution is -0.123. The Kier molecular flexibility index (Phi) is 6.98. The summed E-state index contributed by atoms with van der Waals surface area (Å²) < 4.78 is 4.94. The quantitative estimate of drug-likeness (QED) is 0.727. The van der Waals surface area contributed by atoms with Crippen LogP contribution < -0.4 is 10.6 Å². The van der Waals surface area contributed by atoms with Gasteiger partial charge in [-0.1, -0.05) is 48.5 Å². The van der Waals surface area contributed by atoms with E-state index in [4.69, 9.17) is 4.74 Å². The van der Waals surface area contributed by atoms with E-state index in [1.807, 2.05) is 36.4 Å². The number of carbonyl (C=O) groups is 2. The summed E-state index contributed by atoms with van der Waals surface area (Å²) in [6, 6.07) is 17.8. The molecule has 0 spiro atoms. The lowest BCUT2D eigenvalue weighted by atomic mass is 10.0. The third-order valence-electron chi connectivity index (χ3n) is 3.55. The van der Waals surface area contributed by atoms with Crippen LogP contribution in [0.4, 0.5) is 0 Å². The van der Waals surface area contributed by atoms with Crippen molar-refractivity contribution in [3.8, 4) is 0 Å². The molecule has 0 saturated carbocycles. The van der Waals surface area contributed by atoms with Crippen LogP contribution in [0.3, 0.4) is 0 Å². The Morgan fingerprint density at radius 3 is 2.25 bits per heavy atom. The van der Waals surface area contributed by atoms with Crippen LogP contribution in [0.2, 0.25) is 0 Å². The standard InChI is InChI=1S/C19H22N2O3/c1-24-13-12-20-19(23)17(14-15-8-4-2-5-9-15)21-18(22)16-10-6-3-7-11-16/h2-11,17H,12-14H2,1H3,(H,20,23)(H,21,22)/t17-/m0/s1. The van der Waals surface area contributed by atoms with Gasteiger partial charge >= 0.3 is 0 Å². The number of rotatable bonds is 8. The summed E-state index contributed by atoms with van der Waals surface area (Å²) in [5, 5.41) is 5.60. The highest BCUT2D eigenvalue weighted by molar-refractivity contribution is 5.97. The van der Waals surface area contributed by atoms with E-state index in [9.17, 15) is 9.59 Å². The minimum atomic E-state index is -0.642. The number of hydrogen-bond donors (Lipinski definition) is 2. The van der Waals surface area contributed by atoms with Crippen molar-refractivity contribution in [2.24, 2.45) is 0 Å². The molecule has 0 aliphatic rings. The molecule has 0 aliphatic heterocycles. The molecule has 1 atom stereocenters. The Morgan fingerprint density at radius 1 is 1.00 bits per heavy atom. The molecule has 0 saturated heterocycles. The number of ether oxygens (including phenoxy) is 1. The zero-order chi connectivity index (χ0) is 17.2. The molecule has 126 valence electrons. The predicted octanol–water partition coefficient (Wildman–Crippen LogP) is 1.79. The summed E-state index contributed by atoms with van der Waals surface area (Å²) >= 11 is 0. The maximum atomic E-state index is 12.4. The molecule has 2 aromatic rings. The molecular formula is C19H22N2O3. The average molecular weight is 326 g/mol. The summed E-state index contributed by atoms with van der Waals surface area (Å²) in [4.78, 5) is 24.8. The molecule has 0 fully saturated rings. The van der Waals surface area contributed by atoms with Crippen molar-refractivity contribution in [3.63, 3.8) is 0 Å². The first-order chi connectivity index (χ1) is 11.7. The fourth-order valence-electron chi connectivity index (χ4n) is 2.29. The van der Waals surface area contributed by atoms with E-state index in [1.54, 1.807) is 31.4 Å². The van der Waals surface area contributed by atoms with E-state index in [0.717, 1.165) is 5.56 Å². The maximum Gasteiger partial charge on any atom is 0.251 e. The second kappa shape index (κ2) is 9.47. The van der Waals surface area contributed by atoms with Crippen LogP contribution in [-0.2, 0) is 16.0 Å². The molecular weight excluding hydrogens is 304 g/mol. The molecule has 2 rings (SSSR count). The van der Waals surface area contributed by atoms with Crippen molar-refractivity contribution in [1.29, 1.82) is 0 Å². The summed E-state index contributed by atoms with van der Waals surface area (Å²) in [5.74, 6) is -0.487. The molecule has 0 bridgehead atoms. The van der Waals surface area contributed by atoms with Gasteiger partial charge in [0.15, 0.2) is 0 Å². The van der Waals surface area contributed by atoms with E-state index in [0.29, 0.717) is 25.1 Å². The zero-order valence-corrected chi connectivity index (χ0v) is 13.7. The Bertz CT molecular complexity index is 644. The number of carbonyl (C=O) groups excluding carboxylic acids is 2. The lowest BCUT2D eigenvalue weighted by Crippen LogP contribution is -2.48. The monoisotopic (exact) mass is 326 g/mol. The van der Waals surface area contributed by atoms with Crippen LogP contribution in [0, 0.1) is 0 Å². The number of methoxy groups -OCH3 is 1. The minimum absolute atomic E-state index is 0.222. The zero-order valence-electron chi connectivity index (χ0n) is 13.7. The fourth-order valence-corrected chi connectivity index (χ4v) is 2.29. The average Bonchev–Trinajstić information content (AvgIpc) is 2.63. The SMILES string of the molecule is COCCNC(=O)[C@H](Cc1ccccc1)NC(=O)c1ccccc1. The predicted molar refractivity (Wildman–Crippen MR) is 92.7 cm³/mol. The van der Waals surface area contributed by atoms with Crippen LogP contribution >= 0.6 is 0 Å². The van der Waals surface area contributed by atoms with Crippen molar-refractivity contribution < 1.29 is 14.3 Å². The molecule has 2 aromatic carbocycles. The van der Waals surface area contributed by atoms with Gasteiger partial charge in [0.05, 0.1) is 6.61 Å². The highest BCUT2D eigenvalue weighted by Crippen LogP contribution is 2.05. The third kappa shape index (κ3) is 5.52. The number of amides is 2. The van der Waals surface area contributed by atoms with Crippen molar-refractivity contribution in [1.82, 2.24) is 10.6 Å². The number of hydrogen-bond acceptors (Lipinski definition) is 3. The Morgan fingerprint density at radius 2 is 1.62 bits per heavy atom. The summed E-state index contributed by atoms with van der Waals surface area (Å²) in [7, 11) is 1.57. The summed E-state index contributed by atoms with van der Waals surface area (Å²) in [5.41, 5.74) is 1.51. The maximum absolute atomic E-state index is 12.4. The highest BCUT2D eigenvalue weighted by Gasteiger charge is 2.21. The van der Waals surface area contributed by atoms with E-state index in [1.165, 1.54) is 0 Å².